The van der Waals surface area contributed by atoms with Crippen molar-refractivity contribution in [2.24, 2.45) is 22.4 Å². The molecule has 0 unspecified atom stereocenters. The Morgan fingerprint density at radius 1 is 1.29 bits per heavy atom. The van der Waals surface area contributed by atoms with E-state index >= 15 is 0 Å². The number of fused-ring (bicyclic) bond motifs is 1. The van der Waals surface area contributed by atoms with Crippen molar-refractivity contribution in [2.75, 3.05) is 6.61 Å². The van der Waals surface area contributed by atoms with Gasteiger partial charge in [-0.25, -0.2) is 0 Å². The lowest BCUT2D eigenvalue weighted by Crippen LogP contribution is -2.62. The molecule has 31 heavy (non-hydrogen) atoms. The lowest BCUT2D eigenvalue weighted by Gasteiger charge is -2.43. The highest BCUT2D eigenvalue weighted by molar-refractivity contribution is 5.93. The second-order valence-corrected chi connectivity index (χ2v) is 9.42. The van der Waals surface area contributed by atoms with Crippen molar-refractivity contribution < 1.29 is 27.8 Å². The van der Waals surface area contributed by atoms with Crippen molar-refractivity contribution in [3.8, 4) is 5.75 Å². The highest BCUT2D eigenvalue weighted by atomic mass is 19.4. The first-order chi connectivity index (χ1) is 14.3. The van der Waals surface area contributed by atoms with Gasteiger partial charge in [-0.2, -0.15) is 23.3 Å². The molecule has 172 valence electrons. The summed E-state index contributed by atoms with van der Waals surface area (Å²) < 4.78 is 47.8. The van der Waals surface area contributed by atoms with Crippen LogP contribution in [-0.2, 0) is 4.79 Å². The highest BCUT2D eigenvalue weighted by Crippen LogP contribution is 2.52. The second-order valence-electron chi connectivity index (χ2n) is 9.42. The first kappa shape index (κ1) is 23.6. The Balaban J connectivity index is 1.83. The minimum Gasteiger partial charge on any atom is -0.484 e. The van der Waals surface area contributed by atoms with E-state index in [9.17, 15) is 23.1 Å². The molecule has 1 fully saturated rings. The van der Waals surface area contributed by atoms with Gasteiger partial charge >= 0.3 is 6.18 Å². The van der Waals surface area contributed by atoms with Crippen LogP contribution in [0.3, 0.4) is 0 Å². The molecule has 1 saturated carbocycles. The fourth-order valence-electron chi connectivity index (χ4n) is 4.48. The molecule has 0 saturated heterocycles. The number of carbonyl (C=O) groups excluding carboxylic acids is 1. The van der Waals surface area contributed by atoms with Gasteiger partial charge in [-0.1, -0.05) is 33.3 Å². The van der Waals surface area contributed by atoms with Gasteiger partial charge < -0.3 is 9.84 Å². The van der Waals surface area contributed by atoms with Crippen LogP contribution in [0.15, 0.2) is 23.3 Å². The number of alkyl halides is 3. The zero-order valence-corrected chi connectivity index (χ0v) is 18.7. The Morgan fingerprint density at radius 2 is 1.97 bits per heavy atom. The van der Waals surface area contributed by atoms with E-state index in [-0.39, 0.29) is 28.5 Å². The quantitative estimate of drug-likeness (QED) is 0.702. The summed E-state index contributed by atoms with van der Waals surface area (Å²) in [4.78, 5) is 12.7. The minimum atomic E-state index is -5.04. The van der Waals surface area contributed by atoms with Gasteiger partial charge in [0.25, 0.3) is 11.6 Å². The Morgan fingerprint density at radius 3 is 2.55 bits per heavy atom. The van der Waals surface area contributed by atoms with Gasteiger partial charge in [0.2, 0.25) is 0 Å². The molecule has 1 amide bonds. The zero-order valence-electron chi connectivity index (χ0n) is 18.7. The zero-order chi connectivity index (χ0) is 23.2. The number of rotatable bonds is 5. The summed E-state index contributed by atoms with van der Waals surface area (Å²) in [6.45, 7) is 9.21. The van der Waals surface area contributed by atoms with Crippen LogP contribution in [0.2, 0.25) is 0 Å². The normalized spacial score (nSPS) is 26.5. The molecule has 0 bridgehead atoms. The van der Waals surface area contributed by atoms with Crippen LogP contribution < -0.4 is 4.74 Å². The topological polar surface area (TPSA) is 62.1 Å². The van der Waals surface area contributed by atoms with Crippen molar-refractivity contribution in [1.29, 1.82) is 0 Å². The van der Waals surface area contributed by atoms with Crippen LogP contribution in [0.1, 0.15) is 57.6 Å². The summed E-state index contributed by atoms with van der Waals surface area (Å²) in [5.41, 5.74) is -1.31. The van der Waals surface area contributed by atoms with E-state index in [1.165, 1.54) is 0 Å². The maximum absolute atomic E-state index is 14.1. The Labute approximate surface area is 181 Å². The van der Waals surface area contributed by atoms with Gasteiger partial charge in [0, 0.05) is 5.71 Å². The molecule has 1 aromatic rings. The summed E-state index contributed by atoms with van der Waals surface area (Å²) >= 11 is 0. The van der Waals surface area contributed by atoms with E-state index < -0.39 is 30.3 Å². The highest BCUT2D eigenvalue weighted by Gasteiger charge is 2.69. The van der Waals surface area contributed by atoms with E-state index in [0.717, 1.165) is 17.5 Å². The van der Waals surface area contributed by atoms with E-state index in [0.29, 0.717) is 18.6 Å². The molecular formula is C23H31F3N2O3. The average Bonchev–Trinajstić information content (AvgIpc) is 3.02. The molecule has 2 aliphatic rings. The van der Waals surface area contributed by atoms with Crippen LogP contribution in [0.5, 0.6) is 5.75 Å². The molecule has 3 rings (SSSR count). The standard InChI is InChI=1S/C23H31F3N2O3/c1-6-21(4,5)16-8-10-19-18(12-16)22(30,23(24,25)26)28(27-19)20(29)13-31-17-9-7-14(2)15(3)11-17/h7,9,11,16,18,30H,6,8,10,12-13H2,1-5H3/t16-,18-,22-/m1/s1. The predicted molar refractivity (Wildman–Crippen MR) is 112 cm³/mol. The van der Waals surface area contributed by atoms with Gasteiger partial charge in [0.1, 0.15) is 5.75 Å². The summed E-state index contributed by atoms with van der Waals surface area (Å²) in [5.74, 6) is -1.91. The number of benzene rings is 1. The van der Waals surface area contributed by atoms with Crippen LogP contribution in [0, 0.1) is 31.1 Å². The molecule has 1 aliphatic carbocycles. The van der Waals surface area contributed by atoms with Crippen LogP contribution >= 0.6 is 0 Å². The maximum atomic E-state index is 14.1. The number of ether oxygens (including phenoxy) is 1. The third kappa shape index (κ3) is 4.19. The van der Waals surface area contributed by atoms with Gasteiger partial charge in [0.05, 0.1) is 5.92 Å². The SMILES string of the molecule is CCC(C)(C)[C@@H]1CCC2=NN(C(=O)COc3ccc(C)c(C)c3)[C@](O)(C(F)(F)F)[C@@H]2C1. The molecule has 0 radical (unpaired) electrons. The van der Waals surface area contributed by atoms with Gasteiger partial charge in [-0.15, -0.1) is 0 Å². The molecule has 8 heteroatoms. The summed E-state index contributed by atoms with van der Waals surface area (Å²) in [5, 5.41) is 15.1. The van der Waals surface area contributed by atoms with Crippen molar-refractivity contribution in [2.45, 2.75) is 72.2 Å². The van der Waals surface area contributed by atoms with Gasteiger partial charge in [-0.05, 0) is 67.7 Å². The summed E-state index contributed by atoms with van der Waals surface area (Å²) in [6.07, 6.45) is -3.08. The number of carbonyl (C=O) groups is 1. The Hall–Kier alpha value is -2.09. The number of aliphatic hydroxyl groups is 1. The minimum absolute atomic E-state index is 0.00263. The molecule has 5 nitrogen and oxygen atoms in total. The second kappa shape index (κ2) is 8.11. The van der Waals surface area contributed by atoms with Crippen molar-refractivity contribution in [3.63, 3.8) is 0 Å². The molecule has 0 spiro atoms. The molecule has 0 aromatic heterocycles. The van der Waals surface area contributed by atoms with Crippen LogP contribution in [0.4, 0.5) is 13.2 Å². The van der Waals surface area contributed by atoms with Crippen molar-refractivity contribution >= 4 is 11.6 Å². The van der Waals surface area contributed by atoms with Crippen molar-refractivity contribution in [1.82, 2.24) is 5.01 Å². The average molecular weight is 441 g/mol. The van der Waals surface area contributed by atoms with Gasteiger partial charge in [0.15, 0.2) is 6.61 Å². The smallest absolute Gasteiger partial charge is 0.439 e. The fraction of sp³-hybridized carbons (Fsp3) is 0.652. The summed E-state index contributed by atoms with van der Waals surface area (Å²) in [7, 11) is 0. The Bertz CT molecular complexity index is 881. The molecule has 1 N–H and O–H groups in total. The molecular weight excluding hydrogens is 409 g/mol. The van der Waals surface area contributed by atoms with Crippen LogP contribution in [0.25, 0.3) is 0 Å². The largest absolute Gasteiger partial charge is 0.484 e. The van der Waals surface area contributed by atoms with Crippen LogP contribution in [-0.4, -0.2) is 40.2 Å². The number of hydrogen-bond acceptors (Lipinski definition) is 4. The molecule has 1 aliphatic heterocycles. The molecule has 1 aromatic carbocycles. The molecule has 3 atom stereocenters. The van der Waals surface area contributed by atoms with E-state index in [4.69, 9.17) is 4.74 Å². The lowest BCUT2D eigenvalue weighted by atomic mass is 9.64. The maximum Gasteiger partial charge on any atom is 0.439 e. The third-order valence-electron chi connectivity index (χ3n) is 7.22. The predicted octanol–water partition coefficient (Wildman–Crippen LogP) is 4.98. The number of amides is 1. The number of hydrazone groups is 1. The number of hydrogen-bond donors (Lipinski definition) is 1. The van der Waals surface area contributed by atoms with Crippen molar-refractivity contribution in [3.05, 3.63) is 29.3 Å². The fourth-order valence-corrected chi connectivity index (χ4v) is 4.48. The first-order valence-electron chi connectivity index (χ1n) is 10.7. The van der Waals surface area contributed by atoms with E-state index in [2.05, 4.69) is 5.10 Å². The number of halogens is 3. The summed E-state index contributed by atoms with van der Waals surface area (Å²) in [6, 6.07) is 5.17. The molecule has 1 heterocycles. The first-order valence-corrected chi connectivity index (χ1v) is 10.7. The Kier molecular flexibility index (Phi) is 6.17. The monoisotopic (exact) mass is 440 g/mol. The lowest BCUT2D eigenvalue weighted by molar-refractivity contribution is -0.318. The third-order valence-corrected chi connectivity index (χ3v) is 7.22. The van der Waals surface area contributed by atoms with Gasteiger partial charge in [-0.3, -0.25) is 4.79 Å². The number of aryl methyl sites for hydroxylation is 2. The van der Waals surface area contributed by atoms with E-state index in [1.54, 1.807) is 12.1 Å². The van der Waals surface area contributed by atoms with E-state index in [1.807, 2.05) is 40.7 Å². The number of nitrogens with zero attached hydrogens (tertiary/aromatic N) is 2.